The summed E-state index contributed by atoms with van der Waals surface area (Å²) >= 11 is 0. The van der Waals surface area contributed by atoms with E-state index in [0.29, 0.717) is 6.54 Å². The predicted molar refractivity (Wildman–Crippen MR) is 95.9 cm³/mol. The van der Waals surface area contributed by atoms with Gasteiger partial charge in [0.2, 0.25) is 0 Å². The van der Waals surface area contributed by atoms with Crippen LogP contribution in [0, 0.1) is 10.1 Å². The van der Waals surface area contributed by atoms with Crippen molar-refractivity contribution in [3.05, 3.63) is 81.4 Å². The van der Waals surface area contributed by atoms with Gasteiger partial charge in [0.15, 0.2) is 0 Å². The molecule has 1 N–H and O–H groups in total. The molecule has 6 nitrogen and oxygen atoms in total. The minimum Gasteiger partial charge on any atom is -0.362 e. The van der Waals surface area contributed by atoms with Gasteiger partial charge in [0, 0.05) is 29.9 Å². The standard InChI is InChI=1S/C19H19N3O3/c1-13-14(2)19(23)21(12-15-6-4-3-5-7-15)18(13)20-16-8-10-17(11-9-16)22(24)25/h3-11,18,20H,12H2,1-2H3/t18-/m0/s1. The molecular weight excluding hydrogens is 318 g/mol. The minimum atomic E-state index is -0.431. The molecule has 1 heterocycles. The molecule has 1 aliphatic rings. The molecular formula is C19H19N3O3. The molecule has 0 aromatic heterocycles. The topological polar surface area (TPSA) is 75.5 Å². The third-order valence-electron chi connectivity index (χ3n) is 4.47. The average molecular weight is 337 g/mol. The van der Waals surface area contributed by atoms with E-state index < -0.39 is 4.92 Å². The summed E-state index contributed by atoms with van der Waals surface area (Å²) < 4.78 is 0. The SMILES string of the molecule is CC1=C(C)[C@@H](Nc2ccc([N+](=O)[O-])cc2)N(Cc2ccccc2)C1=O. The molecule has 3 rings (SSSR count). The number of non-ortho nitro benzene ring substituents is 1. The summed E-state index contributed by atoms with van der Waals surface area (Å²) in [5, 5.41) is 14.1. The Morgan fingerprint density at radius 2 is 1.72 bits per heavy atom. The number of hydrogen-bond acceptors (Lipinski definition) is 4. The Balaban J connectivity index is 1.83. The molecule has 128 valence electrons. The number of hydrogen-bond donors (Lipinski definition) is 1. The Hall–Kier alpha value is -3.15. The molecule has 0 unspecified atom stereocenters. The maximum atomic E-state index is 12.6. The van der Waals surface area contributed by atoms with Gasteiger partial charge >= 0.3 is 0 Å². The third kappa shape index (κ3) is 3.38. The van der Waals surface area contributed by atoms with Crippen molar-refractivity contribution < 1.29 is 9.72 Å². The summed E-state index contributed by atoms with van der Waals surface area (Å²) in [5.74, 6) is 0.000708. The van der Waals surface area contributed by atoms with Crippen LogP contribution in [0.25, 0.3) is 0 Å². The van der Waals surface area contributed by atoms with Crippen molar-refractivity contribution in [3.63, 3.8) is 0 Å². The molecule has 0 saturated carbocycles. The van der Waals surface area contributed by atoms with Crippen LogP contribution in [0.1, 0.15) is 19.4 Å². The highest BCUT2D eigenvalue weighted by atomic mass is 16.6. The van der Waals surface area contributed by atoms with Gasteiger partial charge in [-0.2, -0.15) is 0 Å². The van der Waals surface area contributed by atoms with Crippen LogP contribution in [-0.4, -0.2) is 21.9 Å². The smallest absolute Gasteiger partial charge is 0.269 e. The van der Waals surface area contributed by atoms with Gasteiger partial charge in [-0.1, -0.05) is 30.3 Å². The van der Waals surface area contributed by atoms with E-state index in [2.05, 4.69) is 5.32 Å². The van der Waals surface area contributed by atoms with Crippen molar-refractivity contribution in [2.75, 3.05) is 5.32 Å². The number of nitro benzene ring substituents is 1. The predicted octanol–water partition coefficient (Wildman–Crippen LogP) is 3.71. The number of carbonyl (C=O) groups excluding carboxylic acids is 1. The van der Waals surface area contributed by atoms with Crippen molar-refractivity contribution in [2.45, 2.75) is 26.6 Å². The molecule has 0 saturated heterocycles. The van der Waals surface area contributed by atoms with Crippen molar-refractivity contribution in [1.29, 1.82) is 0 Å². The van der Waals surface area contributed by atoms with Crippen molar-refractivity contribution >= 4 is 17.3 Å². The van der Waals surface area contributed by atoms with Gasteiger partial charge in [0.05, 0.1) is 4.92 Å². The van der Waals surface area contributed by atoms with Gasteiger partial charge in [-0.05, 0) is 37.1 Å². The molecule has 1 atom stereocenters. The van der Waals surface area contributed by atoms with Crippen molar-refractivity contribution in [1.82, 2.24) is 4.90 Å². The van der Waals surface area contributed by atoms with E-state index in [9.17, 15) is 14.9 Å². The third-order valence-corrected chi connectivity index (χ3v) is 4.47. The number of rotatable bonds is 5. The second-order valence-corrected chi connectivity index (χ2v) is 6.08. The maximum Gasteiger partial charge on any atom is 0.269 e. The number of nitrogens with one attached hydrogen (secondary N) is 1. The Kier molecular flexibility index (Phi) is 4.52. The van der Waals surface area contributed by atoms with Crippen LogP contribution in [-0.2, 0) is 11.3 Å². The van der Waals surface area contributed by atoms with Crippen LogP contribution >= 0.6 is 0 Å². The second kappa shape index (κ2) is 6.76. The van der Waals surface area contributed by atoms with E-state index in [-0.39, 0.29) is 17.8 Å². The second-order valence-electron chi connectivity index (χ2n) is 6.08. The molecule has 1 amide bonds. The summed E-state index contributed by atoms with van der Waals surface area (Å²) in [5.41, 5.74) is 3.51. The van der Waals surface area contributed by atoms with Gasteiger partial charge in [-0.15, -0.1) is 0 Å². The number of nitro groups is 1. The van der Waals surface area contributed by atoms with Gasteiger partial charge in [-0.25, -0.2) is 0 Å². The molecule has 2 aromatic rings. The molecule has 2 aromatic carbocycles. The largest absolute Gasteiger partial charge is 0.362 e. The van der Waals surface area contributed by atoms with Gasteiger partial charge in [0.25, 0.3) is 11.6 Å². The summed E-state index contributed by atoms with van der Waals surface area (Å²) in [7, 11) is 0. The Morgan fingerprint density at radius 1 is 1.08 bits per heavy atom. The summed E-state index contributed by atoms with van der Waals surface area (Å²) in [6.07, 6.45) is -0.269. The fraction of sp³-hybridized carbons (Fsp3) is 0.211. The summed E-state index contributed by atoms with van der Waals surface area (Å²) in [6, 6.07) is 16.0. The Morgan fingerprint density at radius 3 is 2.32 bits per heavy atom. The van der Waals surface area contributed by atoms with Gasteiger partial charge in [-0.3, -0.25) is 14.9 Å². The summed E-state index contributed by atoms with van der Waals surface area (Å²) in [4.78, 5) is 24.7. The Labute approximate surface area is 145 Å². The highest BCUT2D eigenvalue weighted by molar-refractivity contribution is 5.97. The number of carbonyl (C=O) groups is 1. The quantitative estimate of drug-likeness (QED) is 0.666. The number of anilines is 1. The van der Waals surface area contributed by atoms with Crippen molar-refractivity contribution in [2.24, 2.45) is 0 Å². The molecule has 0 aliphatic carbocycles. The average Bonchev–Trinajstić information content (AvgIpc) is 2.81. The molecule has 6 heteroatoms. The highest BCUT2D eigenvalue weighted by Gasteiger charge is 2.34. The molecule has 25 heavy (non-hydrogen) atoms. The number of amides is 1. The van der Waals surface area contributed by atoms with Crippen LogP contribution in [0.4, 0.5) is 11.4 Å². The zero-order valence-electron chi connectivity index (χ0n) is 14.1. The summed E-state index contributed by atoms with van der Waals surface area (Å²) in [6.45, 7) is 4.26. The molecule has 0 bridgehead atoms. The lowest BCUT2D eigenvalue weighted by Crippen LogP contribution is -2.40. The fourth-order valence-electron chi connectivity index (χ4n) is 2.91. The van der Waals surface area contributed by atoms with E-state index in [4.69, 9.17) is 0 Å². The van der Waals surface area contributed by atoms with Gasteiger partial charge < -0.3 is 10.2 Å². The zero-order chi connectivity index (χ0) is 18.0. The molecule has 1 aliphatic heterocycles. The Bertz CT molecular complexity index is 829. The van der Waals surface area contributed by atoms with E-state index in [1.54, 1.807) is 17.0 Å². The molecule has 0 radical (unpaired) electrons. The van der Waals surface area contributed by atoms with Crippen LogP contribution in [0.15, 0.2) is 65.7 Å². The first-order valence-electron chi connectivity index (χ1n) is 8.00. The van der Waals surface area contributed by atoms with E-state index in [1.165, 1.54) is 12.1 Å². The van der Waals surface area contributed by atoms with Crippen LogP contribution in [0.2, 0.25) is 0 Å². The normalized spacial score (nSPS) is 17.1. The van der Waals surface area contributed by atoms with E-state index in [0.717, 1.165) is 22.4 Å². The first kappa shape index (κ1) is 16.7. The lowest BCUT2D eigenvalue weighted by molar-refractivity contribution is -0.384. The zero-order valence-corrected chi connectivity index (χ0v) is 14.1. The lowest BCUT2D eigenvalue weighted by atomic mass is 10.1. The number of benzene rings is 2. The first-order chi connectivity index (χ1) is 12.0. The van der Waals surface area contributed by atoms with Crippen LogP contribution in [0.5, 0.6) is 0 Å². The monoisotopic (exact) mass is 337 g/mol. The minimum absolute atomic E-state index is 0.000708. The lowest BCUT2D eigenvalue weighted by Gasteiger charge is -2.28. The van der Waals surface area contributed by atoms with Crippen molar-refractivity contribution in [3.8, 4) is 0 Å². The molecule has 0 fully saturated rings. The van der Waals surface area contributed by atoms with E-state index >= 15 is 0 Å². The fourth-order valence-corrected chi connectivity index (χ4v) is 2.91. The first-order valence-corrected chi connectivity index (χ1v) is 8.00. The van der Waals surface area contributed by atoms with Crippen LogP contribution < -0.4 is 5.32 Å². The maximum absolute atomic E-state index is 12.6. The highest BCUT2D eigenvalue weighted by Crippen LogP contribution is 2.29. The molecule has 0 spiro atoms. The van der Waals surface area contributed by atoms with Gasteiger partial charge in [0.1, 0.15) is 6.17 Å². The number of nitrogens with zero attached hydrogens (tertiary/aromatic N) is 2. The van der Waals surface area contributed by atoms with E-state index in [1.807, 2.05) is 44.2 Å². The van der Waals surface area contributed by atoms with Crippen LogP contribution in [0.3, 0.4) is 0 Å².